The molecule has 0 spiro atoms. The number of amides is 1. The van der Waals surface area contributed by atoms with E-state index in [4.69, 9.17) is 11.6 Å². The maximum Gasteiger partial charge on any atom is 0.263 e. The molecule has 7 heteroatoms. The lowest BCUT2D eigenvalue weighted by molar-refractivity contribution is 0.0953. The van der Waals surface area contributed by atoms with E-state index in [1.807, 2.05) is 26.8 Å². The van der Waals surface area contributed by atoms with E-state index in [9.17, 15) is 13.2 Å². The van der Waals surface area contributed by atoms with Crippen LogP contribution in [0.1, 0.15) is 41.3 Å². The molecule has 140 valence electrons. The van der Waals surface area contributed by atoms with Crippen LogP contribution < -0.4 is 10.0 Å². The van der Waals surface area contributed by atoms with Crippen molar-refractivity contribution in [1.82, 2.24) is 5.32 Å². The summed E-state index contributed by atoms with van der Waals surface area (Å²) in [4.78, 5) is 12.1. The van der Waals surface area contributed by atoms with Crippen LogP contribution >= 0.6 is 11.6 Å². The first-order chi connectivity index (χ1) is 12.3. The first-order valence-corrected chi connectivity index (χ1v) is 10.3. The molecular weight excluding hydrogens is 372 g/mol. The molecule has 0 heterocycles. The highest BCUT2D eigenvalue weighted by Crippen LogP contribution is 2.27. The Hall–Kier alpha value is -2.05. The molecule has 0 atom stereocenters. The number of sulfonamides is 1. The summed E-state index contributed by atoms with van der Waals surface area (Å²) in [6.45, 7) is 6.31. The molecule has 0 aliphatic rings. The summed E-state index contributed by atoms with van der Waals surface area (Å²) in [5.74, 6) is -0.321. The summed E-state index contributed by atoms with van der Waals surface area (Å²) in [5.41, 5.74) is 2.55. The Labute approximate surface area is 159 Å². The number of benzene rings is 2. The first kappa shape index (κ1) is 20.3. The van der Waals surface area contributed by atoms with Gasteiger partial charge in [-0.05, 0) is 55.7 Å². The van der Waals surface area contributed by atoms with E-state index < -0.39 is 10.0 Å². The van der Waals surface area contributed by atoms with Crippen LogP contribution in [-0.2, 0) is 10.0 Å². The van der Waals surface area contributed by atoms with Gasteiger partial charge in [-0.1, -0.05) is 37.1 Å². The molecule has 26 heavy (non-hydrogen) atoms. The number of anilines is 1. The van der Waals surface area contributed by atoms with Crippen LogP contribution in [-0.4, -0.2) is 20.9 Å². The number of carbonyl (C=O) groups excluding carboxylic acids is 1. The van der Waals surface area contributed by atoms with Crippen molar-refractivity contribution in [2.45, 2.75) is 38.5 Å². The van der Waals surface area contributed by atoms with E-state index in [2.05, 4.69) is 10.0 Å². The van der Waals surface area contributed by atoms with Gasteiger partial charge in [0.25, 0.3) is 15.9 Å². The van der Waals surface area contributed by atoms with Gasteiger partial charge in [-0.3, -0.25) is 9.52 Å². The number of nitrogens with one attached hydrogen (secondary N) is 2. The third-order valence-electron chi connectivity index (χ3n) is 4.15. The van der Waals surface area contributed by atoms with Gasteiger partial charge in [0.15, 0.2) is 0 Å². The molecule has 2 N–H and O–H groups in total. The molecule has 0 aliphatic heterocycles. The molecule has 2 aromatic rings. The van der Waals surface area contributed by atoms with Crippen molar-refractivity contribution >= 4 is 33.2 Å². The summed E-state index contributed by atoms with van der Waals surface area (Å²) in [5, 5.41) is 2.83. The van der Waals surface area contributed by atoms with E-state index >= 15 is 0 Å². The number of hydrogen-bond acceptors (Lipinski definition) is 3. The van der Waals surface area contributed by atoms with E-state index in [-0.39, 0.29) is 21.4 Å². The van der Waals surface area contributed by atoms with Crippen LogP contribution in [0.4, 0.5) is 5.69 Å². The third-order valence-corrected chi connectivity index (χ3v) is 5.99. The Morgan fingerprint density at radius 2 is 1.88 bits per heavy atom. The van der Waals surface area contributed by atoms with Gasteiger partial charge in [0, 0.05) is 12.1 Å². The average Bonchev–Trinajstić information content (AvgIpc) is 2.59. The quantitative estimate of drug-likeness (QED) is 0.688. The lowest BCUT2D eigenvalue weighted by Crippen LogP contribution is -2.25. The molecule has 0 fully saturated rings. The Balaban J connectivity index is 2.32. The average molecular weight is 395 g/mol. The van der Waals surface area contributed by atoms with Crippen LogP contribution in [0.15, 0.2) is 41.3 Å². The predicted molar refractivity (Wildman–Crippen MR) is 105 cm³/mol. The molecule has 2 aromatic carbocycles. The summed E-state index contributed by atoms with van der Waals surface area (Å²) >= 11 is 6.10. The molecule has 0 unspecified atom stereocenters. The highest BCUT2D eigenvalue weighted by atomic mass is 35.5. The van der Waals surface area contributed by atoms with Crippen molar-refractivity contribution < 1.29 is 13.2 Å². The van der Waals surface area contributed by atoms with E-state index in [0.717, 1.165) is 24.0 Å². The highest BCUT2D eigenvalue weighted by molar-refractivity contribution is 7.92. The van der Waals surface area contributed by atoms with Crippen molar-refractivity contribution in [2.75, 3.05) is 11.3 Å². The highest BCUT2D eigenvalue weighted by Gasteiger charge is 2.21. The van der Waals surface area contributed by atoms with Crippen LogP contribution in [0.2, 0.25) is 5.02 Å². The largest absolute Gasteiger partial charge is 0.352 e. The van der Waals surface area contributed by atoms with Gasteiger partial charge < -0.3 is 5.32 Å². The Bertz CT molecular complexity index is 911. The number of halogens is 1. The van der Waals surface area contributed by atoms with Gasteiger partial charge >= 0.3 is 0 Å². The number of rotatable bonds is 7. The van der Waals surface area contributed by atoms with Crippen molar-refractivity contribution in [2.24, 2.45) is 0 Å². The Morgan fingerprint density at radius 1 is 1.15 bits per heavy atom. The Kier molecular flexibility index (Phi) is 6.67. The summed E-state index contributed by atoms with van der Waals surface area (Å²) < 4.78 is 28.1. The van der Waals surface area contributed by atoms with E-state index in [0.29, 0.717) is 12.2 Å². The minimum atomic E-state index is -3.93. The molecule has 0 radical (unpaired) electrons. The molecule has 0 saturated carbocycles. The van der Waals surface area contributed by atoms with Gasteiger partial charge in [0.1, 0.15) is 4.90 Å². The molecule has 0 aromatic heterocycles. The summed E-state index contributed by atoms with van der Waals surface area (Å²) in [7, 11) is -3.93. The fourth-order valence-corrected chi connectivity index (χ4v) is 4.04. The standard InChI is InChI=1S/C19H23ClN2O3S/c1-4-5-11-21-19(23)15-9-10-16(20)18(12-15)26(24,25)22-17-8-6-7-13(2)14(17)3/h6-10,12,22H,4-5,11H2,1-3H3,(H,21,23). The minimum absolute atomic E-state index is 0.0629. The van der Waals surface area contributed by atoms with Crippen LogP contribution in [0.3, 0.4) is 0 Å². The second-order valence-electron chi connectivity index (χ2n) is 6.11. The van der Waals surface area contributed by atoms with Crippen LogP contribution in [0.5, 0.6) is 0 Å². The van der Waals surface area contributed by atoms with Gasteiger partial charge in [0.05, 0.1) is 10.7 Å². The zero-order valence-electron chi connectivity index (χ0n) is 15.1. The summed E-state index contributed by atoms with van der Waals surface area (Å²) in [6, 6.07) is 9.61. The zero-order chi connectivity index (χ0) is 19.3. The molecule has 0 bridgehead atoms. The maximum absolute atomic E-state index is 12.8. The molecule has 0 saturated heterocycles. The molecule has 0 aliphatic carbocycles. The first-order valence-electron chi connectivity index (χ1n) is 8.43. The van der Waals surface area contributed by atoms with Crippen LogP contribution in [0, 0.1) is 13.8 Å². The van der Waals surface area contributed by atoms with E-state index in [1.165, 1.54) is 18.2 Å². The smallest absolute Gasteiger partial charge is 0.263 e. The Morgan fingerprint density at radius 3 is 2.58 bits per heavy atom. The van der Waals surface area contributed by atoms with Crippen molar-refractivity contribution in [3.63, 3.8) is 0 Å². The maximum atomic E-state index is 12.8. The summed E-state index contributed by atoms with van der Waals surface area (Å²) in [6.07, 6.45) is 1.82. The van der Waals surface area contributed by atoms with Crippen molar-refractivity contribution in [3.05, 3.63) is 58.1 Å². The fourth-order valence-electron chi connectivity index (χ4n) is 2.39. The fraction of sp³-hybridized carbons (Fsp3) is 0.316. The lowest BCUT2D eigenvalue weighted by Gasteiger charge is -2.14. The van der Waals surface area contributed by atoms with Crippen LogP contribution in [0.25, 0.3) is 0 Å². The third kappa shape index (κ3) is 4.77. The van der Waals surface area contributed by atoms with Gasteiger partial charge in [-0.15, -0.1) is 0 Å². The number of hydrogen-bond donors (Lipinski definition) is 2. The monoisotopic (exact) mass is 394 g/mol. The molecule has 1 amide bonds. The van der Waals surface area contributed by atoms with Gasteiger partial charge in [-0.2, -0.15) is 0 Å². The molecule has 2 rings (SSSR count). The number of carbonyl (C=O) groups is 1. The topological polar surface area (TPSA) is 75.3 Å². The normalized spacial score (nSPS) is 11.2. The second kappa shape index (κ2) is 8.56. The van der Waals surface area contributed by atoms with Crippen molar-refractivity contribution in [1.29, 1.82) is 0 Å². The number of aryl methyl sites for hydroxylation is 1. The number of unbranched alkanes of at least 4 members (excludes halogenated alkanes) is 1. The van der Waals surface area contributed by atoms with Crippen molar-refractivity contribution in [3.8, 4) is 0 Å². The lowest BCUT2D eigenvalue weighted by atomic mass is 10.1. The molecular formula is C19H23ClN2O3S. The van der Waals surface area contributed by atoms with Gasteiger partial charge in [-0.25, -0.2) is 8.42 Å². The minimum Gasteiger partial charge on any atom is -0.352 e. The predicted octanol–water partition coefficient (Wildman–Crippen LogP) is 4.29. The van der Waals surface area contributed by atoms with E-state index in [1.54, 1.807) is 12.1 Å². The molecule has 5 nitrogen and oxygen atoms in total. The SMILES string of the molecule is CCCCNC(=O)c1ccc(Cl)c(S(=O)(=O)Nc2cccc(C)c2C)c1. The second-order valence-corrected chi connectivity index (χ2v) is 8.17. The zero-order valence-corrected chi connectivity index (χ0v) is 16.7. The van der Waals surface area contributed by atoms with Gasteiger partial charge in [0.2, 0.25) is 0 Å².